The van der Waals surface area contributed by atoms with Gasteiger partial charge in [-0.15, -0.1) is 0 Å². The number of hydrogen-bond acceptors (Lipinski definition) is 2. The van der Waals surface area contributed by atoms with Gasteiger partial charge in [-0.1, -0.05) is 6.92 Å². The van der Waals surface area contributed by atoms with Crippen LogP contribution in [0.1, 0.15) is 44.8 Å². The Labute approximate surface area is 91.8 Å². The molecular formula is C13H21NO. The van der Waals surface area contributed by atoms with Crippen LogP contribution in [0, 0.1) is 5.92 Å². The Morgan fingerprint density at radius 1 is 1.47 bits per heavy atom. The molecule has 2 nitrogen and oxygen atoms in total. The summed E-state index contributed by atoms with van der Waals surface area (Å²) in [5.41, 5.74) is 5.98. The SMILES string of the molecule is CC1CCC(CCN)(c2ccco2)CC1. The van der Waals surface area contributed by atoms with E-state index in [2.05, 4.69) is 13.0 Å². The van der Waals surface area contributed by atoms with Gasteiger partial charge in [0.25, 0.3) is 0 Å². The Morgan fingerprint density at radius 2 is 2.20 bits per heavy atom. The smallest absolute Gasteiger partial charge is 0.109 e. The minimum absolute atomic E-state index is 0.241. The van der Waals surface area contributed by atoms with Crippen LogP contribution in [0.3, 0.4) is 0 Å². The minimum Gasteiger partial charge on any atom is -0.469 e. The van der Waals surface area contributed by atoms with E-state index in [1.807, 2.05) is 6.07 Å². The summed E-state index contributed by atoms with van der Waals surface area (Å²) >= 11 is 0. The van der Waals surface area contributed by atoms with Crippen LogP contribution in [0.5, 0.6) is 0 Å². The van der Waals surface area contributed by atoms with Gasteiger partial charge in [0.05, 0.1) is 6.26 Å². The topological polar surface area (TPSA) is 39.2 Å². The minimum atomic E-state index is 0.241. The van der Waals surface area contributed by atoms with E-state index in [-0.39, 0.29) is 5.41 Å². The molecule has 0 aromatic carbocycles. The van der Waals surface area contributed by atoms with Gasteiger partial charge in [-0.2, -0.15) is 0 Å². The molecule has 84 valence electrons. The lowest BCUT2D eigenvalue weighted by molar-refractivity contribution is 0.197. The molecule has 0 bridgehead atoms. The van der Waals surface area contributed by atoms with Crippen LogP contribution in [-0.2, 0) is 5.41 Å². The number of hydrogen-bond donors (Lipinski definition) is 1. The van der Waals surface area contributed by atoms with E-state index in [0.717, 1.165) is 24.6 Å². The van der Waals surface area contributed by atoms with E-state index in [9.17, 15) is 0 Å². The summed E-state index contributed by atoms with van der Waals surface area (Å²) < 4.78 is 5.61. The van der Waals surface area contributed by atoms with Crippen molar-refractivity contribution < 1.29 is 4.42 Å². The molecule has 0 aliphatic heterocycles. The molecule has 0 amide bonds. The van der Waals surface area contributed by atoms with Crippen LogP contribution in [0.2, 0.25) is 0 Å². The Hall–Kier alpha value is -0.760. The lowest BCUT2D eigenvalue weighted by Crippen LogP contribution is -2.33. The van der Waals surface area contributed by atoms with E-state index in [0.29, 0.717) is 0 Å². The van der Waals surface area contributed by atoms with Gasteiger partial charge >= 0.3 is 0 Å². The summed E-state index contributed by atoms with van der Waals surface area (Å²) in [5, 5.41) is 0. The molecule has 0 unspecified atom stereocenters. The van der Waals surface area contributed by atoms with Crippen molar-refractivity contribution in [1.82, 2.24) is 0 Å². The molecule has 1 saturated carbocycles. The summed E-state index contributed by atoms with van der Waals surface area (Å²) in [6.45, 7) is 3.10. The molecule has 0 spiro atoms. The highest BCUT2D eigenvalue weighted by Gasteiger charge is 2.37. The van der Waals surface area contributed by atoms with Crippen molar-refractivity contribution in [2.24, 2.45) is 11.7 Å². The fraction of sp³-hybridized carbons (Fsp3) is 0.692. The molecule has 1 aromatic rings. The summed E-state index contributed by atoms with van der Waals surface area (Å²) in [5.74, 6) is 2.02. The first-order valence-electron chi connectivity index (χ1n) is 6.01. The Morgan fingerprint density at radius 3 is 2.73 bits per heavy atom. The van der Waals surface area contributed by atoms with Crippen molar-refractivity contribution in [3.05, 3.63) is 24.2 Å². The van der Waals surface area contributed by atoms with Crippen molar-refractivity contribution in [2.45, 2.75) is 44.4 Å². The molecule has 0 radical (unpaired) electrons. The molecule has 0 saturated heterocycles. The number of nitrogens with two attached hydrogens (primary N) is 1. The molecule has 1 aromatic heterocycles. The maximum Gasteiger partial charge on any atom is 0.109 e. The first-order chi connectivity index (χ1) is 7.27. The van der Waals surface area contributed by atoms with Gasteiger partial charge in [-0.3, -0.25) is 0 Å². The summed E-state index contributed by atoms with van der Waals surface area (Å²) in [6.07, 6.45) is 7.93. The maximum atomic E-state index is 5.74. The highest BCUT2D eigenvalue weighted by atomic mass is 16.3. The Bertz CT molecular complexity index is 283. The molecule has 0 atom stereocenters. The average Bonchev–Trinajstić information content (AvgIpc) is 2.76. The second-order valence-corrected chi connectivity index (χ2v) is 4.98. The van der Waals surface area contributed by atoms with Crippen LogP contribution in [-0.4, -0.2) is 6.54 Å². The Kier molecular flexibility index (Phi) is 3.15. The van der Waals surface area contributed by atoms with Crippen LogP contribution < -0.4 is 5.73 Å². The van der Waals surface area contributed by atoms with Crippen molar-refractivity contribution in [2.75, 3.05) is 6.54 Å². The zero-order valence-corrected chi connectivity index (χ0v) is 9.54. The molecular weight excluding hydrogens is 186 g/mol. The second kappa shape index (κ2) is 4.40. The van der Waals surface area contributed by atoms with Gasteiger partial charge in [0.2, 0.25) is 0 Å². The van der Waals surface area contributed by atoms with Crippen LogP contribution >= 0.6 is 0 Å². The zero-order chi connectivity index (χ0) is 10.7. The van der Waals surface area contributed by atoms with Crippen LogP contribution in [0.4, 0.5) is 0 Å². The Balaban J connectivity index is 2.18. The monoisotopic (exact) mass is 207 g/mol. The molecule has 1 heterocycles. The van der Waals surface area contributed by atoms with Gasteiger partial charge in [0.1, 0.15) is 5.76 Å². The zero-order valence-electron chi connectivity index (χ0n) is 9.54. The third-order valence-corrected chi connectivity index (χ3v) is 3.90. The summed E-state index contributed by atoms with van der Waals surface area (Å²) in [6, 6.07) is 4.11. The first-order valence-corrected chi connectivity index (χ1v) is 6.01. The summed E-state index contributed by atoms with van der Waals surface area (Å²) in [4.78, 5) is 0. The first kappa shape index (κ1) is 10.7. The van der Waals surface area contributed by atoms with Gasteiger partial charge < -0.3 is 10.2 Å². The fourth-order valence-corrected chi connectivity index (χ4v) is 2.79. The van der Waals surface area contributed by atoms with Gasteiger partial charge in [0.15, 0.2) is 0 Å². The predicted octanol–water partition coefficient (Wildman–Crippen LogP) is 3.08. The largest absolute Gasteiger partial charge is 0.469 e. The van der Waals surface area contributed by atoms with Crippen molar-refractivity contribution in [3.8, 4) is 0 Å². The fourth-order valence-electron chi connectivity index (χ4n) is 2.79. The van der Waals surface area contributed by atoms with Crippen molar-refractivity contribution in [1.29, 1.82) is 0 Å². The molecule has 1 fully saturated rings. The van der Waals surface area contributed by atoms with Crippen molar-refractivity contribution >= 4 is 0 Å². The molecule has 2 rings (SSSR count). The van der Waals surface area contributed by atoms with E-state index in [1.165, 1.54) is 25.7 Å². The molecule has 2 N–H and O–H groups in total. The quantitative estimate of drug-likeness (QED) is 0.827. The van der Waals surface area contributed by atoms with Gasteiger partial charge in [0, 0.05) is 5.41 Å². The maximum absolute atomic E-state index is 5.74. The third kappa shape index (κ3) is 2.10. The molecule has 15 heavy (non-hydrogen) atoms. The second-order valence-electron chi connectivity index (χ2n) is 4.98. The lowest BCUT2D eigenvalue weighted by atomic mass is 9.67. The molecule has 2 heteroatoms. The molecule has 1 aliphatic rings. The lowest BCUT2D eigenvalue weighted by Gasteiger charge is -2.37. The average molecular weight is 207 g/mol. The van der Waals surface area contributed by atoms with Gasteiger partial charge in [-0.25, -0.2) is 0 Å². The number of rotatable bonds is 3. The van der Waals surface area contributed by atoms with Crippen LogP contribution in [0.25, 0.3) is 0 Å². The van der Waals surface area contributed by atoms with E-state index in [4.69, 9.17) is 10.2 Å². The van der Waals surface area contributed by atoms with E-state index in [1.54, 1.807) is 6.26 Å². The normalized spacial score (nSPS) is 31.7. The van der Waals surface area contributed by atoms with E-state index >= 15 is 0 Å². The summed E-state index contributed by atoms with van der Waals surface area (Å²) in [7, 11) is 0. The third-order valence-electron chi connectivity index (χ3n) is 3.90. The van der Waals surface area contributed by atoms with E-state index < -0.39 is 0 Å². The number of furan rings is 1. The van der Waals surface area contributed by atoms with Gasteiger partial charge in [-0.05, 0) is 56.7 Å². The predicted molar refractivity (Wildman–Crippen MR) is 61.7 cm³/mol. The standard InChI is InChI=1S/C13H21NO/c1-11-4-6-13(7-5-11,8-9-14)12-3-2-10-15-12/h2-3,10-11H,4-9,14H2,1H3. The highest BCUT2D eigenvalue weighted by molar-refractivity contribution is 5.15. The van der Waals surface area contributed by atoms with Crippen molar-refractivity contribution in [3.63, 3.8) is 0 Å². The van der Waals surface area contributed by atoms with Crippen LogP contribution in [0.15, 0.2) is 22.8 Å². The highest BCUT2D eigenvalue weighted by Crippen LogP contribution is 2.43. The molecule has 1 aliphatic carbocycles.